The Bertz CT molecular complexity index is 1550. The predicted octanol–water partition coefficient (Wildman–Crippen LogP) is 5.69. The van der Waals surface area contributed by atoms with Gasteiger partial charge < -0.3 is 4.57 Å². The summed E-state index contributed by atoms with van der Waals surface area (Å²) in [6.07, 6.45) is 0. The lowest BCUT2D eigenvalue weighted by molar-refractivity contribution is -0.126. The molecule has 1 amide bonds. The van der Waals surface area contributed by atoms with Crippen molar-refractivity contribution in [2.75, 3.05) is 5.01 Å². The summed E-state index contributed by atoms with van der Waals surface area (Å²) in [5.41, 5.74) is 3.10. The summed E-state index contributed by atoms with van der Waals surface area (Å²) in [6.45, 7) is 0.431. The topological polar surface area (TPSA) is 58.9 Å². The molecule has 5 aromatic rings. The summed E-state index contributed by atoms with van der Waals surface area (Å²) in [4.78, 5) is 12.9. The number of benzene rings is 3. The highest BCUT2D eigenvalue weighted by Gasteiger charge is 2.50. The lowest BCUT2D eigenvalue weighted by Gasteiger charge is -2.44. The monoisotopic (exact) mass is 537 g/mol. The van der Waals surface area contributed by atoms with Crippen molar-refractivity contribution < 1.29 is 4.79 Å². The molecule has 1 fully saturated rings. The van der Waals surface area contributed by atoms with Gasteiger partial charge in [-0.15, -0.1) is 11.6 Å². The zero-order valence-electron chi connectivity index (χ0n) is 17.2. The second-order valence-electron chi connectivity index (χ2n) is 7.93. The molecule has 9 heteroatoms. The van der Waals surface area contributed by atoms with Crippen molar-refractivity contribution in [2.45, 2.75) is 18.0 Å². The minimum Gasteiger partial charge on any atom is -0.333 e. The Hall–Kier alpha value is -2.94. The van der Waals surface area contributed by atoms with E-state index in [1.807, 2.05) is 48.5 Å². The first-order valence-electron chi connectivity index (χ1n) is 10.4. The van der Waals surface area contributed by atoms with Gasteiger partial charge in [0.25, 0.3) is 5.91 Å². The van der Waals surface area contributed by atoms with Crippen LogP contribution < -0.4 is 5.01 Å². The van der Waals surface area contributed by atoms with Gasteiger partial charge in [0.1, 0.15) is 11.4 Å². The van der Waals surface area contributed by atoms with Crippen LogP contribution in [-0.4, -0.2) is 30.7 Å². The van der Waals surface area contributed by atoms with E-state index >= 15 is 0 Å². The van der Waals surface area contributed by atoms with Crippen LogP contribution >= 0.6 is 39.7 Å². The van der Waals surface area contributed by atoms with Crippen molar-refractivity contribution in [3.05, 3.63) is 93.4 Å². The van der Waals surface area contributed by atoms with Crippen LogP contribution in [0.4, 0.5) is 0 Å². The molecule has 2 aromatic heterocycles. The second kappa shape index (κ2) is 7.83. The Morgan fingerprint density at radius 3 is 2.24 bits per heavy atom. The Kier molecular flexibility index (Phi) is 4.90. The number of H-pyrrole nitrogens is 1. The number of nitrogens with zero attached hydrogens (tertiary/aromatic N) is 4. The lowest BCUT2D eigenvalue weighted by Crippen LogP contribution is -2.62. The van der Waals surface area contributed by atoms with Crippen LogP contribution in [-0.2, 0) is 11.3 Å². The fourth-order valence-corrected chi connectivity index (χ4v) is 5.73. The molecule has 1 N–H and O–H groups in total. The molecule has 33 heavy (non-hydrogen) atoms. The molecule has 3 aromatic carbocycles. The number of alkyl halides is 1. The van der Waals surface area contributed by atoms with Crippen LogP contribution in [0.25, 0.3) is 21.8 Å². The molecule has 1 saturated heterocycles. The molecule has 2 unspecified atom stereocenters. The van der Waals surface area contributed by atoms with Crippen molar-refractivity contribution in [3.63, 3.8) is 0 Å². The molecule has 1 aliphatic heterocycles. The quantitative estimate of drug-likeness (QED) is 0.182. The van der Waals surface area contributed by atoms with Gasteiger partial charge in [-0.2, -0.15) is 5.10 Å². The van der Waals surface area contributed by atoms with Gasteiger partial charge in [-0.05, 0) is 36.0 Å². The number of hydrogen-bond donors (Lipinski definition) is 1. The SMILES string of the molecule is O=C1C(Cl)C(c2ccccc2Br)N1n1c(Cn2c3ccccc3c3ccccc32)n[nH]c1=S. The van der Waals surface area contributed by atoms with Crippen LogP contribution in [0.5, 0.6) is 0 Å². The Balaban J connectivity index is 1.49. The van der Waals surface area contributed by atoms with Crippen LogP contribution in [0.3, 0.4) is 0 Å². The van der Waals surface area contributed by atoms with Crippen LogP contribution in [0, 0.1) is 4.77 Å². The molecule has 164 valence electrons. The Morgan fingerprint density at radius 1 is 0.970 bits per heavy atom. The van der Waals surface area contributed by atoms with E-state index in [0.29, 0.717) is 17.1 Å². The van der Waals surface area contributed by atoms with Crippen molar-refractivity contribution in [1.82, 2.24) is 19.4 Å². The molecule has 6 nitrogen and oxygen atoms in total. The summed E-state index contributed by atoms with van der Waals surface area (Å²) < 4.78 is 5.11. The fraction of sp³-hybridized carbons (Fsp3) is 0.125. The zero-order chi connectivity index (χ0) is 22.7. The number of nitrogens with one attached hydrogen (secondary N) is 1. The summed E-state index contributed by atoms with van der Waals surface area (Å²) in [5, 5.41) is 10.6. The summed E-state index contributed by atoms with van der Waals surface area (Å²) in [7, 11) is 0. The standard InChI is InChI=1S/C24H17BrClN5OS/c25-17-10-4-1-9-16(17)22-21(26)23(32)31(22)30-20(27-28-24(30)33)13-29-18-11-5-2-7-14(18)15-8-3-6-12-19(15)29/h1-12,21-22H,13H2,(H,28,33). The first kappa shape index (κ1) is 20.7. The maximum absolute atomic E-state index is 12.9. The number of hydrogen-bond acceptors (Lipinski definition) is 3. The van der Waals surface area contributed by atoms with Gasteiger partial charge >= 0.3 is 0 Å². The van der Waals surface area contributed by atoms with E-state index in [2.05, 4.69) is 55.0 Å². The van der Waals surface area contributed by atoms with Gasteiger partial charge in [0.15, 0.2) is 5.82 Å². The number of rotatable bonds is 4. The Morgan fingerprint density at radius 2 is 1.58 bits per heavy atom. The zero-order valence-corrected chi connectivity index (χ0v) is 20.3. The van der Waals surface area contributed by atoms with Gasteiger partial charge in [-0.25, -0.2) is 9.69 Å². The number of amides is 1. The van der Waals surface area contributed by atoms with Crippen LogP contribution in [0.1, 0.15) is 17.4 Å². The smallest absolute Gasteiger partial charge is 0.262 e. The third kappa shape index (κ3) is 3.08. The molecule has 2 atom stereocenters. The highest BCUT2D eigenvalue weighted by atomic mass is 79.9. The van der Waals surface area contributed by atoms with Gasteiger partial charge in [-0.3, -0.25) is 9.89 Å². The molecule has 0 aliphatic carbocycles. The number of carbonyl (C=O) groups is 1. The van der Waals surface area contributed by atoms with Crippen molar-refractivity contribution in [1.29, 1.82) is 0 Å². The van der Waals surface area contributed by atoms with E-state index in [9.17, 15) is 4.79 Å². The average molecular weight is 539 g/mol. The largest absolute Gasteiger partial charge is 0.333 e. The fourth-order valence-electron chi connectivity index (χ4n) is 4.63. The molecular weight excluding hydrogens is 522 g/mol. The minimum atomic E-state index is -0.679. The normalized spacial score (nSPS) is 18.2. The van der Waals surface area contributed by atoms with E-state index < -0.39 is 5.38 Å². The molecule has 6 rings (SSSR count). The minimum absolute atomic E-state index is 0.210. The number of aromatic nitrogens is 4. The highest BCUT2D eigenvalue weighted by Crippen LogP contribution is 2.40. The number of carbonyl (C=O) groups excluding carboxylic acids is 1. The average Bonchev–Trinajstić information content (AvgIpc) is 3.35. The third-order valence-corrected chi connectivity index (χ3v) is 7.55. The molecule has 0 spiro atoms. The molecular formula is C24H17BrClN5OS. The summed E-state index contributed by atoms with van der Waals surface area (Å²) in [5.74, 6) is 0.416. The highest BCUT2D eigenvalue weighted by molar-refractivity contribution is 9.10. The molecule has 0 bridgehead atoms. The van der Waals surface area contributed by atoms with E-state index in [0.717, 1.165) is 21.1 Å². The molecule has 0 saturated carbocycles. The molecule has 0 radical (unpaired) electrons. The maximum Gasteiger partial charge on any atom is 0.262 e. The second-order valence-corrected chi connectivity index (χ2v) is 9.64. The van der Waals surface area contributed by atoms with E-state index in [1.165, 1.54) is 10.8 Å². The summed E-state index contributed by atoms with van der Waals surface area (Å²) >= 11 is 15.6. The third-order valence-electron chi connectivity index (χ3n) is 6.14. The summed E-state index contributed by atoms with van der Waals surface area (Å²) in [6, 6.07) is 23.9. The van der Waals surface area contributed by atoms with E-state index in [4.69, 9.17) is 23.8 Å². The van der Waals surface area contributed by atoms with Gasteiger partial charge in [0.05, 0.1) is 6.54 Å². The van der Waals surface area contributed by atoms with Crippen molar-refractivity contribution in [3.8, 4) is 0 Å². The maximum atomic E-state index is 12.9. The van der Waals surface area contributed by atoms with E-state index in [1.54, 1.807) is 9.69 Å². The van der Waals surface area contributed by atoms with Crippen molar-refractivity contribution in [2.24, 2.45) is 0 Å². The number of para-hydroxylation sites is 2. The number of halogens is 2. The van der Waals surface area contributed by atoms with Crippen molar-refractivity contribution >= 4 is 67.5 Å². The van der Waals surface area contributed by atoms with Crippen LogP contribution in [0.2, 0.25) is 0 Å². The first-order valence-corrected chi connectivity index (χ1v) is 12.0. The number of fused-ring (bicyclic) bond motifs is 3. The van der Waals surface area contributed by atoms with E-state index in [-0.39, 0.29) is 11.9 Å². The van der Waals surface area contributed by atoms with Gasteiger partial charge in [-0.1, -0.05) is 70.5 Å². The lowest BCUT2D eigenvalue weighted by atomic mass is 9.95. The molecule has 1 aliphatic rings. The van der Waals surface area contributed by atoms with Crippen LogP contribution in [0.15, 0.2) is 77.3 Å². The number of β-lactam (4-membered cyclic amide) rings is 1. The Labute approximate surface area is 207 Å². The predicted molar refractivity (Wildman–Crippen MR) is 136 cm³/mol. The van der Waals surface area contributed by atoms with Gasteiger partial charge in [0, 0.05) is 26.3 Å². The first-order chi connectivity index (χ1) is 16.1. The van der Waals surface area contributed by atoms with Gasteiger partial charge in [0.2, 0.25) is 4.77 Å². The number of aromatic amines is 1. The molecule has 3 heterocycles.